The first-order valence-electron chi connectivity index (χ1n) is 10.6. The zero-order valence-electron chi connectivity index (χ0n) is 17.9. The van der Waals surface area contributed by atoms with Gasteiger partial charge in [-0.2, -0.15) is 10.2 Å². The molecule has 3 heterocycles. The molecule has 30 heavy (non-hydrogen) atoms. The van der Waals surface area contributed by atoms with Crippen molar-refractivity contribution >= 4 is 5.78 Å². The van der Waals surface area contributed by atoms with Gasteiger partial charge in [0.2, 0.25) is 0 Å². The van der Waals surface area contributed by atoms with Crippen molar-refractivity contribution in [2.75, 3.05) is 0 Å². The van der Waals surface area contributed by atoms with Gasteiger partial charge in [-0.05, 0) is 29.9 Å². The van der Waals surface area contributed by atoms with Crippen molar-refractivity contribution in [3.05, 3.63) is 65.4 Å². The molecule has 5 rings (SSSR count). The first-order chi connectivity index (χ1) is 14.4. The lowest BCUT2D eigenvalue weighted by Crippen LogP contribution is -2.51. The monoisotopic (exact) mass is 401 g/mol. The molecule has 0 bridgehead atoms. The normalized spacial score (nSPS) is 26.9. The van der Waals surface area contributed by atoms with Gasteiger partial charge in [0.25, 0.3) is 0 Å². The average molecular weight is 402 g/mol. The van der Waals surface area contributed by atoms with Gasteiger partial charge in [0.05, 0.1) is 29.8 Å². The van der Waals surface area contributed by atoms with E-state index in [4.69, 9.17) is 0 Å². The number of hydrogen-bond acceptors (Lipinski definition) is 5. The highest BCUT2D eigenvalue weighted by Gasteiger charge is 2.52. The first kappa shape index (κ1) is 19.0. The highest BCUT2D eigenvalue weighted by Crippen LogP contribution is 2.53. The number of Topliss-reactive ketones (excluding diaryl/α,β-unsaturated/α-hetero) is 1. The molecule has 0 fully saturated rings. The Morgan fingerprint density at radius 1 is 1.27 bits per heavy atom. The van der Waals surface area contributed by atoms with Gasteiger partial charge in [0, 0.05) is 35.9 Å². The van der Waals surface area contributed by atoms with Gasteiger partial charge >= 0.3 is 0 Å². The molecule has 2 aromatic rings. The molecule has 2 unspecified atom stereocenters. The van der Waals surface area contributed by atoms with Crippen LogP contribution in [0.3, 0.4) is 0 Å². The minimum atomic E-state index is -0.517. The second-order valence-electron chi connectivity index (χ2n) is 9.39. The number of aromatic nitrogens is 2. The van der Waals surface area contributed by atoms with E-state index in [1.807, 2.05) is 30.3 Å². The number of benzene rings is 1. The van der Waals surface area contributed by atoms with E-state index in [-0.39, 0.29) is 17.4 Å². The summed E-state index contributed by atoms with van der Waals surface area (Å²) in [5.41, 5.74) is 5.69. The molecule has 0 spiro atoms. The molecular formula is C24H27N5O. The minimum absolute atomic E-state index is 0.0596. The SMILES string of the molecule is CCC1(c2cccc(-c3cncn3C)c2)C2=CN=NC2NC2=C1C(=O)CC(C)(C)C2. The van der Waals surface area contributed by atoms with Crippen LogP contribution in [0.5, 0.6) is 0 Å². The number of nitrogens with zero attached hydrogens (tertiary/aromatic N) is 4. The number of carbonyl (C=O) groups is 1. The molecule has 1 N–H and O–H groups in total. The van der Waals surface area contributed by atoms with Crippen molar-refractivity contribution in [1.82, 2.24) is 14.9 Å². The van der Waals surface area contributed by atoms with Crippen LogP contribution >= 0.6 is 0 Å². The molecule has 2 atom stereocenters. The summed E-state index contributed by atoms with van der Waals surface area (Å²) in [6, 6.07) is 8.52. The highest BCUT2D eigenvalue weighted by molar-refractivity contribution is 6.01. The lowest BCUT2D eigenvalue weighted by atomic mass is 9.58. The van der Waals surface area contributed by atoms with Gasteiger partial charge in [-0.3, -0.25) is 4.79 Å². The van der Waals surface area contributed by atoms with Crippen LogP contribution in [0.1, 0.15) is 45.6 Å². The van der Waals surface area contributed by atoms with Crippen LogP contribution in [-0.4, -0.2) is 21.5 Å². The van der Waals surface area contributed by atoms with E-state index in [2.05, 4.69) is 65.6 Å². The topological polar surface area (TPSA) is 71.6 Å². The second kappa shape index (κ2) is 6.49. The van der Waals surface area contributed by atoms with Gasteiger partial charge in [-0.15, -0.1) is 0 Å². The maximum Gasteiger partial charge on any atom is 0.164 e. The molecular weight excluding hydrogens is 374 g/mol. The van der Waals surface area contributed by atoms with Crippen molar-refractivity contribution in [2.45, 2.75) is 51.6 Å². The number of ketones is 1. The maximum atomic E-state index is 13.5. The third kappa shape index (κ3) is 2.62. The van der Waals surface area contributed by atoms with E-state index >= 15 is 0 Å². The average Bonchev–Trinajstić information content (AvgIpc) is 3.34. The van der Waals surface area contributed by atoms with Crippen LogP contribution in [0.2, 0.25) is 0 Å². The zero-order chi connectivity index (χ0) is 21.1. The minimum Gasteiger partial charge on any atom is -0.362 e. The summed E-state index contributed by atoms with van der Waals surface area (Å²) in [6.07, 6.45) is 7.52. The van der Waals surface area contributed by atoms with E-state index < -0.39 is 5.41 Å². The van der Waals surface area contributed by atoms with Crippen molar-refractivity contribution in [3.63, 3.8) is 0 Å². The summed E-state index contributed by atoms with van der Waals surface area (Å²) < 4.78 is 2.02. The van der Waals surface area contributed by atoms with E-state index in [9.17, 15) is 4.79 Å². The molecule has 2 aliphatic heterocycles. The number of azo groups is 1. The molecule has 1 aromatic heterocycles. The van der Waals surface area contributed by atoms with Gasteiger partial charge in [-0.1, -0.05) is 39.0 Å². The largest absolute Gasteiger partial charge is 0.362 e. The summed E-state index contributed by atoms with van der Waals surface area (Å²) in [5.74, 6) is 0.229. The Balaban J connectivity index is 1.75. The fourth-order valence-electron chi connectivity index (χ4n) is 5.47. The van der Waals surface area contributed by atoms with Crippen LogP contribution in [0.4, 0.5) is 0 Å². The van der Waals surface area contributed by atoms with E-state index in [1.165, 1.54) is 0 Å². The quantitative estimate of drug-likeness (QED) is 0.813. The molecule has 0 saturated carbocycles. The highest BCUT2D eigenvalue weighted by atomic mass is 16.1. The number of fused-ring (bicyclic) bond motifs is 1. The lowest BCUT2D eigenvalue weighted by Gasteiger charge is -2.47. The van der Waals surface area contributed by atoms with Crippen molar-refractivity contribution in [1.29, 1.82) is 0 Å². The molecule has 6 nitrogen and oxygen atoms in total. The number of aryl methyl sites for hydroxylation is 1. The molecule has 0 amide bonds. The molecule has 1 aliphatic carbocycles. The van der Waals surface area contributed by atoms with Crippen molar-refractivity contribution < 1.29 is 4.79 Å². The molecule has 0 radical (unpaired) electrons. The number of imidazole rings is 1. The Kier molecular flexibility index (Phi) is 4.10. The molecule has 6 heteroatoms. The maximum absolute atomic E-state index is 13.5. The van der Waals surface area contributed by atoms with Gasteiger partial charge < -0.3 is 9.88 Å². The predicted octanol–water partition coefficient (Wildman–Crippen LogP) is 4.66. The summed E-state index contributed by atoms with van der Waals surface area (Å²) >= 11 is 0. The molecule has 154 valence electrons. The molecule has 3 aliphatic rings. The number of nitrogens with one attached hydrogen (secondary N) is 1. The van der Waals surface area contributed by atoms with E-state index in [1.54, 1.807) is 0 Å². The molecule has 1 aromatic carbocycles. The third-order valence-corrected chi connectivity index (χ3v) is 6.78. The molecule has 0 saturated heterocycles. The number of hydrogen-bond donors (Lipinski definition) is 1. The van der Waals surface area contributed by atoms with Crippen molar-refractivity contribution in [2.24, 2.45) is 22.7 Å². The summed E-state index contributed by atoms with van der Waals surface area (Å²) in [5, 5.41) is 12.2. The first-order valence-corrected chi connectivity index (χ1v) is 10.6. The predicted molar refractivity (Wildman–Crippen MR) is 116 cm³/mol. The number of rotatable bonds is 3. The van der Waals surface area contributed by atoms with Crippen LogP contribution in [0.25, 0.3) is 11.3 Å². The van der Waals surface area contributed by atoms with E-state index in [0.717, 1.165) is 46.5 Å². The van der Waals surface area contributed by atoms with Gasteiger partial charge in [0.1, 0.15) is 0 Å². The van der Waals surface area contributed by atoms with Crippen LogP contribution in [0.15, 0.2) is 70.1 Å². The number of allylic oxidation sites excluding steroid dienone is 2. The Morgan fingerprint density at radius 3 is 2.83 bits per heavy atom. The summed E-state index contributed by atoms with van der Waals surface area (Å²) in [6.45, 7) is 6.49. The lowest BCUT2D eigenvalue weighted by molar-refractivity contribution is -0.119. The van der Waals surface area contributed by atoms with E-state index in [0.29, 0.717) is 6.42 Å². The standard InChI is InChI=1S/C24H27N5O/c1-5-24(16-8-6-7-15(9-16)19-13-25-14-29(19)4)17-12-26-28-22(17)27-18-10-23(2,3)11-20(30)21(18)24/h6-9,12-14,22,27H,5,10-11H2,1-4H3. The Labute approximate surface area is 176 Å². The Bertz CT molecular complexity index is 1140. The fraction of sp³-hybridized carbons (Fsp3) is 0.417. The Morgan fingerprint density at radius 2 is 2.10 bits per heavy atom. The smallest absolute Gasteiger partial charge is 0.164 e. The van der Waals surface area contributed by atoms with Gasteiger partial charge in [0.15, 0.2) is 11.9 Å². The zero-order valence-corrected chi connectivity index (χ0v) is 17.9. The van der Waals surface area contributed by atoms with Gasteiger partial charge in [-0.25, -0.2) is 4.98 Å². The number of carbonyl (C=O) groups excluding carboxylic acids is 1. The van der Waals surface area contributed by atoms with Crippen LogP contribution < -0.4 is 5.32 Å². The third-order valence-electron chi connectivity index (χ3n) is 6.78. The summed E-state index contributed by atoms with van der Waals surface area (Å²) in [4.78, 5) is 17.8. The second-order valence-corrected chi connectivity index (χ2v) is 9.39. The van der Waals surface area contributed by atoms with Crippen molar-refractivity contribution in [3.8, 4) is 11.3 Å². The van der Waals surface area contributed by atoms with Crippen LogP contribution in [-0.2, 0) is 17.3 Å². The summed E-state index contributed by atoms with van der Waals surface area (Å²) in [7, 11) is 2.00. The Hall–Kier alpha value is -3.02. The van der Waals surface area contributed by atoms with Crippen LogP contribution in [0, 0.1) is 5.41 Å². The fourth-order valence-corrected chi connectivity index (χ4v) is 5.47.